The number of thioether (sulfide) groups is 1. The molecule has 1 aromatic carbocycles. The van der Waals surface area contributed by atoms with Crippen LogP contribution in [0.2, 0.25) is 0 Å². The van der Waals surface area contributed by atoms with Gasteiger partial charge in [-0.25, -0.2) is 8.42 Å². The van der Waals surface area contributed by atoms with Crippen LogP contribution in [0.5, 0.6) is 0 Å². The maximum Gasteiger partial charge on any atom is 0.251 e. The molecule has 2 atom stereocenters. The van der Waals surface area contributed by atoms with Gasteiger partial charge in [0, 0.05) is 36.1 Å². The first-order valence-electron chi connectivity index (χ1n) is 10.4. The Morgan fingerprint density at radius 3 is 2.65 bits per heavy atom. The number of rotatable bonds is 10. The van der Waals surface area contributed by atoms with Crippen LogP contribution in [-0.2, 0) is 9.84 Å². The number of sulfone groups is 1. The van der Waals surface area contributed by atoms with Gasteiger partial charge >= 0.3 is 0 Å². The van der Waals surface area contributed by atoms with Crippen molar-refractivity contribution in [1.82, 2.24) is 10.2 Å². The van der Waals surface area contributed by atoms with E-state index in [-0.39, 0.29) is 41.9 Å². The molecule has 0 radical (unpaired) electrons. The van der Waals surface area contributed by atoms with Gasteiger partial charge in [-0.3, -0.25) is 14.7 Å². The molecule has 2 aliphatic rings. The summed E-state index contributed by atoms with van der Waals surface area (Å²) < 4.78 is 23.4. The first-order chi connectivity index (χ1) is 14.8. The number of amidine groups is 1. The number of carbonyl (C=O) groups excluding carboxylic acids is 1. The maximum absolute atomic E-state index is 12.5. The lowest BCUT2D eigenvalue weighted by molar-refractivity contribution is 0.0949. The van der Waals surface area contributed by atoms with E-state index in [0.717, 1.165) is 11.3 Å². The van der Waals surface area contributed by atoms with Gasteiger partial charge < -0.3 is 20.8 Å². The Balaban J connectivity index is 1.53. The van der Waals surface area contributed by atoms with E-state index < -0.39 is 9.84 Å². The fourth-order valence-electron chi connectivity index (χ4n) is 3.65. The molecule has 3 rings (SSSR count). The third-order valence-corrected chi connectivity index (χ3v) is 8.47. The minimum Gasteiger partial charge on any atom is -0.395 e. The van der Waals surface area contributed by atoms with Crippen molar-refractivity contribution in [2.75, 3.05) is 56.2 Å². The van der Waals surface area contributed by atoms with Crippen molar-refractivity contribution in [2.45, 2.75) is 24.6 Å². The Bertz CT molecular complexity index is 916. The van der Waals surface area contributed by atoms with Crippen LogP contribution in [0.4, 0.5) is 5.69 Å². The van der Waals surface area contributed by atoms with Crippen molar-refractivity contribution in [1.29, 1.82) is 0 Å². The molecule has 4 N–H and O–H groups in total. The van der Waals surface area contributed by atoms with Crippen LogP contribution in [0, 0.1) is 6.92 Å². The van der Waals surface area contributed by atoms with Crippen molar-refractivity contribution >= 4 is 38.4 Å². The average Bonchev–Trinajstić information content (AvgIpc) is 3.19. The van der Waals surface area contributed by atoms with Crippen molar-refractivity contribution in [3.63, 3.8) is 0 Å². The van der Waals surface area contributed by atoms with Gasteiger partial charge in [-0.15, -0.1) is 0 Å². The van der Waals surface area contributed by atoms with Crippen molar-refractivity contribution in [3.05, 3.63) is 29.3 Å². The SMILES string of the molecule is Cc1ccc(C(=O)NCCCN(CCO)CCO)cc1NC1=N[C@@H]2CS(=O)(=O)C[C@H]2S1. The second kappa shape index (κ2) is 10.8. The van der Waals surface area contributed by atoms with E-state index in [1.54, 1.807) is 12.1 Å². The Hall–Kier alpha value is -1.66. The number of nitrogens with one attached hydrogen (secondary N) is 2. The van der Waals surface area contributed by atoms with Crippen LogP contribution in [0.1, 0.15) is 22.3 Å². The summed E-state index contributed by atoms with van der Waals surface area (Å²) in [5.74, 6) is 0.0838. The quantitative estimate of drug-likeness (QED) is 0.354. The minimum atomic E-state index is -2.99. The zero-order chi connectivity index (χ0) is 22.4. The number of amides is 1. The summed E-state index contributed by atoms with van der Waals surface area (Å²) >= 11 is 1.45. The van der Waals surface area contributed by atoms with Crippen LogP contribution >= 0.6 is 11.8 Å². The molecule has 1 amide bonds. The van der Waals surface area contributed by atoms with Crippen LogP contribution in [0.15, 0.2) is 23.2 Å². The smallest absolute Gasteiger partial charge is 0.251 e. The molecule has 172 valence electrons. The molecule has 0 saturated carbocycles. The summed E-state index contributed by atoms with van der Waals surface area (Å²) in [6.45, 7) is 4.17. The fourth-order valence-corrected chi connectivity index (χ4v) is 7.32. The number of carbonyl (C=O) groups is 1. The van der Waals surface area contributed by atoms with Gasteiger partial charge in [-0.2, -0.15) is 0 Å². The zero-order valence-electron chi connectivity index (χ0n) is 17.6. The van der Waals surface area contributed by atoms with Crippen LogP contribution in [-0.4, -0.2) is 96.8 Å². The molecule has 31 heavy (non-hydrogen) atoms. The zero-order valence-corrected chi connectivity index (χ0v) is 19.2. The number of benzene rings is 1. The molecule has 2 aliphatic heterocycles. The van der Waals surface area contributed by atoms with Crippen LogP contribution in [0.3, 0.4) is 0 Å². The second-order valence-corrected chi connectivity index (χ2v) is 11.2. The van der Waals surface area contributed by atoms with E-state index in [0.29, 0.717) is 43.3 Å². The number of aliphatic imine (C=N–C) groups is 1. The molecule has 9 nitrogen and oxygen atoms in total. The van der Waals surface area contributed by atoms with E-state index >= 15 is 0 Å². The lowest BCUT2D eigenvalue weighted by Gasteiger charge is -2.20. The number of anilines is 1. The van der Waals surface area contributed by atoms with E-state index in [9.17, 15) is 13.2 Å². The molecule has 1 aromatic rings. The Morgan fingerprint density at radius 2 is 1.97 bits per heavy atom. The highest BCUT2D eigenvalue weighted by molar-refractivity contribution is 8.15. The predicted molar refractivity (Wildman–Crippen MR) is 124 cm³/mol. The van der Waals surface area contributed by atoms with Crippen LogP contribution in [0.25, 0.3) is 0 Å². The fraction of sp³-hybridized carbons (Fsp3) is 0.600. The summed E-state index contributed by atoms with van der Waals surface area (Å²) in [4.78, 5) is 19.0. The topological polar surface area (TPSA) is 131 Å². The molecule has 1 fully saturated rings. The number of aliphatic hydroxyl groups excluding tert-OH is 2. The molecular weight excluding hydrogens is 440 g/mol. The number of hydrogen-bond acceptors (Lipinski definition) is 9. The Kier molecular flexibility index (Phi) is 8.34. The third kappa shape index (κ3) is 6.66. The molecular formula is C20H30N4O5S2. The van der Waals surface area contributed by atoms with E-state index in [2.05, 4.69) is 15.6 Å². The summed E-state index contributed by atoms with van der Waals surface area (Å²) in [6, 6.07) is 5.22. The van der Waals surface area contributed by atoms with Crippen molar-refractivity contribution < 1.29 is 23.4 Å². The molecule has 11 heteroatoms. The van der Waals surface area contributed by atoms with Crippen molar-refractivity contribution in [2.24, 2.45) is 4.99 Å². The van der Waals surface area contributed by atoms with Gasteiger partial charge in [0.05, 0.1) is 30.8 Å². The first-order valence-corrected chi connectivity index (χ1v) is 13.1. The first kappa shape index (κ1) is 24.0. The number of aliphatic hydroxyl groups is 2. The third-order valence-electron chi connectivity index (χ3n) is 5.33. The lowest BCUT2D eigenvalue weighted by Crippen LogP contribution is -2.33. The molecule has 1 saturated heterocycles. The number of hydrogen-bond donors (Lipinski definition) is 4. The highest BCUT2D eigenvalue weighted by Gasteiger charge is 2.42. The van der Waals surface area contributed by atoms with E-state index in [4.69, 9.17) is 10.2 Å². The molecule has 0 spiro atoms. The number of nitrogens with zero attached hydrogens (tertiary/aromatic N) is 2. The Morgan fingerprint density at radius 1 is 1.23 bits per heavy atom. The van der Waals surface area contributed by atoms with Gasteiger partial charge in [0.1, 0.15) is 0 Å². The number of aryl methyl sites for hydroxylation is 1. The predicted octanol–water partition coefficient (Wildman–Crippen LogP) is 0.0818. The average molecular weight is 471 g/mol. The molecule has 0 unspecified atom stereocenters. The molecule has 0 bridgehead atoms. The van der Waals surface area contributed by atoms with Gasteiger partial charge in [0.2, 0.25) is 0 Å². The highest BCUT2D eigenvalue weighted by atomic mass is 32.2. The summed E-state index contributed by atoms with van der Waals surface area (Å²) in [7, 11) is -2.99. The second-order valence-electron chi connectivity index (χ2n) is 7.79. The van der Waals surface area contributed by atoms with E-state index in [1.165, 1.54) is 11.8 Å². The van der Waals surface area contributed by atoms with Gasteiger partial charge in [-0.1, -0.05) is 17.8 Å². The monoisotopic (exact) mass is 470 g/mol. The Labute approximate surface area is 187 Å². The highest BCUT2D eigenvalue weighted by Crippen LogP contribution is 2.35. The lowest BCUT2D eigenvalue weighted by atomic mass is 10.1. The van der Waals surface area contributed by atoms with Gasteiger partial charge in [0.25, 0.3) is 5.91 Å². The maximum atomic E-state index is 12.5. The largest absolute Gasteiger partial charge is 0.395 e. The number of fused-ring (bicyclic) bond motifs is 1. The molecule has 2 heterocycles. The van der Waals surface area contributed by atoms with E-state index in [1.807, 2.05) is 17.9 Å². The minimum absolute atomic E-state index is 0.0319. The normalized spacial score (nSPS) is 21.7. The molecule has 0 aromatic heterocycles. The van der Waals surface area contributed by atoms with Gasteiger partial charge in [-0.05, 0) is 37.6 Å². The van der Waals surface area contributed by atoms with Gasteiger partial charge in [0.15, 0.2) is 15.0 Å². The van der Waals surface area contributed by atoms with Crippen LogP contribution < -0.4 is 10.6 Å². The summed E-state index contributed by atoms with van der Waals surface area (Å²) in [5, 5.41) is 24.9. The molecule has 0 aliphatic carbocycles. The summed E-state index contributed by atoms with van der Waals surface area (Å²) in [5.41, 5.74) is 2.27. The standard InChI is InChI=1S/C20H30N4O5S2/c1-14-3-4-15(19(27)21-5-2-6-24(7-9-25)8-10-26)11-16(14)22-20-23-17-12-31(28,29)13-18(17)30-20/h3-4,11,17-18,25-26H,2,5-10,12-13H2,1H3,(H,21,27)(H,22,23)/t17-,18-/m1/s1. The van der Waals surface area contributed by atoms with Crippen molar-refractivity contribution in [3.8, 4) is 0 Å². The summed E-state index contributed by atoms with van der Waals surface area (Å²) in [6.07, 6.45) is 0.710.